The van der Waals surface area contributed by atoms with E-state index in [-0.39, 0.29) is 11.7 Å². The van der Waals surface area contributed by atoms with E-state index in [0.717, 1.165) is 0 Å². The Kier molecular flexibility index (Phi) is 2.98. The molecule has 1 saturated heterocycles. The van der Waals surface area contributed by atoms with Crippen LogP contribution < -0.4 is 0 Å². The quantitative estimate of drug-likeness (QED) is 0.614. The van der Waals surface area contributed by atoms with Gasteiger partial charge in [0.1, 0.15) is 10.1 Å². The number of aromatic hydroxyl groups is 1. The Morgan fingerprint density at radius 3 is 2.69 bits per heavy atom. The van der Waals surface area contributed by atoms with E-state index in [0.29, 0.717) is 14.8 Å². The number of thiocarbonyl (C=S) groups is 1. The fourth-order valence-corrected chi connectivity index (χ4v) is 2.47. The smallest absolute Gasteiger partial charge is 0.265 e. The summed E-state index contributed by atoms with van der Waals surface area (Å²) in [5, 5.41) is 9.58. The van der Waals surface area contributed by atoms with Crippen LogP contribution in [0.25, 0.3) is 6.08 Å². The molecule has 0 unspecified atom stereocenters. The van der Waals surface area contributed by atoms with Crippen molar-refractivity contribution in [3.8, 4) is 5.75 Å². The van der Waals surface area contributed by atoms with Gasteiger partial charge in [0.2, 0.25) is 0 Å². The second-order valence-electron chi connectivity index (χ2n) is 3.30. The number of phenols is 1. The third-order valence-electron chi connectivity index (χ3n) is 2.21. The fraction of sp³-hybridized carbons (Fsp3) is 0.0909. The maximum Gasteiger partial charge on any atom is 0.265 e. The van der Waals surface area contributed by atoms with E-state index in [4.69, 9.17) is 12.2 Å². The Hall–Kier alpha value is -1.33. The molecule has 0 aliphatic carbocycles. The maximum atomic E-state index is 11.7. The van der Waals surface area contributed by atoms with Crippen molar-refractivity contribution >= 4 is 40.3 Å². The first kappa shape index (κ1) is 11.2. The summed E-state index contributed by atoms with van der Waals surface area (Å²) in [5.74, 6) is 0.0297. The highest BCUT2D eigenvalue weighted by Crippen LogP contribution is 2.32. The molecule has 1 aromatic rings. The second-order valence-corrected chi connectivity index (χ2v) is 4.98. The maximum absolute atomic E-state index is 11.7. The summed E-state index contributed by atoms with van der Waals surface area (Å²) < 4.78 is 0.534. The van der Waals surface area contributed by atoms with Gasteiger partial charge in [0.15, 0.2) is 0 Å². The van der Waals surface area contributed by atoms with Gasteiger partial charge in [-0.1, -0.05) is 42.2 Å². The molecular formula is C11H9NO2S2. The molecule has 1 amide bonds. The number of nitrogens with zero attached hydrogens (tertiary/aromatic N) is 1. The predicted octanol–water partition coefficient (Wildman–Crippen LogP) is 2.22. The minimum atomic E-state index is -0.127. The van der Waals surface area contributed by atoms with E-state index in [9.17, 15) is 9.90 Å². The number of phenolic OH excluding ortho intramolecular Hbond substituents is 1. The van der Waals surface area contributed by atoms with E-state index < -0.39 is 0 Å². The van der Waals surface area contributed by atoms with Crippen molar-refractivity contribution in [3.05, 3.63) is 34.7 Å². The van der Waals surface area contributed by atoms with Crippen molar-refractivity contribution in [2.45, 2.75) is 0 Å². The molecular weight excluding hydrogens is 242 g/mol. The number of thioether (sulfide) groups is 1. The summed E-state index contributed by atoms with van der Waals surface area (Å²) in [6.45, 7) is 0. The topological polar surface area (TPSA) is 40.5 Å². The van der Waals surface area contributed by atoms with Crippen molar-refractivity contribution in [3.63, 3.8) is 0 Å². The van der Waals surface area contributed by atoms with Crippen LogP contribution in [-0.2, 0) is 4.79 Å². The van der Waals surface area contributed by atoms with Crippen molar-refractivity contribution < 1.29 is 9.90 Å². The third kappa shape index (κ3) is 1.96. The van der Waals surface area contributed by atoms with E-state index in [1.165, 1.54) is 16.7 Å². The molecule has 5 heteroatoms. The number of carbonyl (C=O) groups is 1. The average Bonchev–Trinajstić information content (AvgIpc) is 2.50. The average molecular weight is 251 g/mol. The van der Waals surface area contributed by atoms with Gasteiger partial charge in [-0.2, -0.15) is 0 Å². The summed E-state index contributed by atoms with van der Waals surface area (Å²) in [7, 11) is 1.64. The van der Waals surface area contributed by atoms with Gasteiger partial charge in [-0.25, -0.2) is 0 Å². The standard InChI is InChI=1S/C11H9NO2S2/c1-12-10(14)9(16-11(12)15)6-7-4-2-3-5-8(7)13/h2-6,13H,1H3/b9-6+. The van der Waals surface area contributed by atoms with Gasteiger partial charge in [0.05, 0.1) is 4.91 Å². The lowest BCUT2D eigenvalue weighted by Gasteiger charge is -2.03. The number of hydrogen-bond donors (Lipinski definition) is 1. The van der Waals surface area contributed by atoms with Crippen molar-refractivity contribution in [2.75, 3.05) is 7.05 Å². The van der Waals surface area contributed by atoms with Crippen LogP contribution in [0.4, 0.5) is 0 Å². The molecule has 3 nitrogen and oxygen atoms in total. The van der Waals surface area contributed by atoms with Crippen LogP contribution in [-0.4, -0.2) is 27.3 Å². The lowest BCUT2D eigenvalue weighted by Crippen LogP contribution is -2.22. The molecule has 1 N–H and O–H groups in total. The summed E-state index contributed by atoms with van der Waals surface area (Å²) >= 11 is 6.25. The highest BCUT2D eigenvalue weighted by molar-refractivity contribution is 8.26. The van der Waals surface area contributed by atoms with Crippen molar-refractivity contribution in [2.24, 2.45) is 0 Å². The minimum absolute atomic E-state index is 0.127. The predicted molar refractivity (Wildman–Crippen MR) is 69.0 cm³/mol. The largest absolute Gasteiger partial charge is 0.507 e. The van der Waals surface area contributed by atoms with Crippen molar-refractivity contribution in [1.29, 1.82) is 0 Å². The van der Waals surface area contributed by atoms with Gasteiger partial charge in [-0.3, -0.25) is 9.69 Å². The molecule has 2 rings (SSSR count). The normalized spacial score (nSPS) is 18.6. The molecule has 1 aromatic carbocycles. The summed E-state index contributed by atoms with van der Waals surface area (Å²) in [6.07, 6.45) is 1.65. The molecule has 1 fully saturated rings. The van der Waals surface area contributed by atoms with Crippen LogP contribution in [0.5, 0.6) is 5.75 Å². The van der Waals surface area contributed by atoms with Crippen LogP contribution in [0.1, 0.15) is 5.56 Å². The molecule has 0 saturated carbocycles. The van der Waals surface area contributed by atoms with Crippen LogP contribution in [0.2, 0.25) is 0 Å². The van der Waals surface area contributed by atoms with E-state index in [1.807, 2.05) is 0 Å². The van der Waals surface area contributed by atoms with Crippen molar-refractivity contribution in [1.82, 2.24) is 4.90 Å². The Bertz CT molecular complexity index is 497. The molecule has 16 heavy (non-hydrogen) atoms. The number of carbonyl (C=O) groups excluding carboxylic acids is 1. The van der Waals surface area contributed by atoms with Gasteiger partial charge in [0, 0.05) is 12.6 Å². The van der Waals surface area contributed by atoms with Gasteiger partial charge in [-0.15, -0.1) is 0 Å². The molecule has 0 bridgehead atoms. The number of rotatable bonds is 1. The van der Waals surface area contributed by atoms with Gasteiger partial charge < -0.3 is 5.11 Å². The van der Waals surface area contributed by atoms with Crippen LogP contribution in [0.15, 0.2) is 29.2 Å². The molecule has 1 heterocycles. The Labute approximate surface area is 103 Å². The van der Waals surface area contributed by atoms with E-state index in [1.54, 1.807) is 37.4 Å². The lowest BCUT2D eigenvalue weighted by molar-refractivity contribution is -0.121. The zero-order valence-electron chi connectivity index (χ0n) is 8.51. The number of para-hydroxylation sites is 1. The number of amides is 1. The van der Waals surface area contributed by atoms with Crippen LogP contribution >= 0.6 is 24.0 Å². The number of likely N-dealkylation sites (N-methyl/N-ethyl adjacent to an activating group) is 1. The van der Waals surface area contributed by atoms with Gasteiger partial charge in [-0.05, 0) is 12.1 Å². The van der Waals surface area contributed by atoms with E-state index >= 15 is 0 Å². The van der Waals surface area contributed by atoms with Crippen LogP contribution in [0, 0.1) is 0 Å². The molecule has 1 aliphatic heterocycles. The molecule has 0 spiro atoms. The molecule has 0 atom stereocenters. The Balaban J connectivity index is 2.37. The molecule has 0 aromatic heterocycles. The number of benzene rings is 1. The summed E-state index contributed by atoms with van der Waals surface area (Å²) in [6, 6.07) is 6.87. The zero-order valence-corrected chi connectivity index (χ0v) is 10.1. The SMILES string of the molecule is CN1C(=O)/C(=C\c2ccccc2O)SC1=S. The monoisotopic (exact) mass is 251 g/mol. The first-order chi connectivity index (χ1) is 7.59. The zero-order chi connectivity index (χ0) is 11.7. The summed E-state index contributed by atoms with van der Waals surface area (Å²) in [5.41, 5.74) is 0.622. The van der Waals surface area contributed by atoms with Crippen LogP contribution in [0.3, 0.4) is 0 Å². The molecule has 1 aliphatic rings. The van der Waals surface area contributed by atoms with Gasteiger partial charge >= 0.3 is 0 Å². The summed E-state index contributed by atoms with van der Waals surface area (Å²) in [4.78, 5) is 13.7. The van der Waals surface area contributed by atoms with E-state index in [2.05, 4.69) is 0 Å². The molecule has 0 radical (unpaired) electrons. The molecule has 82 valence electrons. The lowest BCUT2D eigenvalue weighted by atomic mass is 10.2. The minimum Gasteiger partial charge on any atom is -0.507 e. The number of hydrogen-bond acceptors (Lipinski definition) is 4. The fourth-order valence-electron chi connectivity index (χ4n) is 1.30. The first-order valence-electron chi connectivity index (χ1n) is 4.59. The van der Waals surface area contributed by atoms with Gasteiger partial charge in [0.25, 0.3) is 5.91 Å². The Morgan fingerprint density at radius 1 is 1.44 bits per heavy atom. The first-order valence-corrected chi connectivity index (χ1v) is 5.81. The third-order valence-corrected chi connectivity index (χ3v) is 3.69. The highest BCUT2D eigenvalue weighted by atomic mass is 32.2. The Morgan fingerprint density at radius 2 is 2.12 bits per heavy atom. The second kappa shape index (κ2) is 4.27. The highest BCUT2D eigenvalue weighted by Gasteiger charge is 2.28.